The highest BCUT2D eigenvalue weighted by molar-refractivity contribution is 9.15. The molecule has 1 heterocycles. The maximum absolute atomic E-state index is 12.2. The molecule has 1 N–H and O–H groups in total. The number of aliphatic hydroxyl groups is 1. The number of cyclic esters (lactones) is 1. The minimum Gasteiger partial charge on any atom is -0.434 e. The van der Waals surface area contributed by atoms with E-state index in [1.807, 2.05) is 0 Å². The average molecular weight is 572 g/mol. The Kier molecular flexibility index (Phi) is 6.05. The molecule has 4 atom stereocenters. The monoisotopic (exact) mass is 568 g/mol. The second-order valence-corrected chi connectivity index (χ2v) is 8.09. The minimum absolute atomic E-state index is 0.790. The molecule has 0 aromatic rings. The van der Waals surface area contributed by atoms with E-state index >= 15 is 0 Å². The van der Waals surface area contributed by atoms with Crippen LogP contribution in [0.5, 0.6) is 0 Å². The van der Waals surface area contributed by atoms with E-state index in [1.54, 1.807) is 0 Å². The maximum atomic E-state index is 12.2. The van der Waals surface area contributed by atoms with E-state index < -0.39 is 36.5 Å². The van der Waals surface area contributed by atoms with Gasteiger partial charge in [0.2, 0.25) is 0 Å². The molecule has 0 spiro atoms. The van der Waals surface area contributed by atoms with E-state index in [0.717, 1.165) is 12.2 Å². The molecule has 1 unspecified atom stereocenters. The molecule has 0 aromatic heterocycles. The third kappa shape index (κ3) is 2.93. The first-order valence-electron chi connectivity index (χ1n) is 5.31. The lowest BCUT2D eigenvalue weighted by Gasteiger charge is -2.39. The summed E-state index contributed by atoms with van der Waals surface area (Å²) in [7, 11) is 0. The molecule has 0 radical (unpaired) electrons. The van der Waals surface area contributed by atoms with E-state index in [4.69, 9.17) is 14.2 Å². The molecule has 7 nitrogen and oxygen atoms in total. The molecule has 1 fully saturated rings. The van der Waals surface area contributed by atoms with Crippen LogP contribution in [0.3, 0.4) is 0 Å². The number of carbonyl (C=O) groups excluding carboxylic acids is 3. The van der Waals surface area contributed by atoms with Crippen LogP contribution < -0.4 is 0 Å². The quantitative estimate of drug-likeness (QED) is 0.233. The number of ether oxygens (including phenoxy) is 3. The summed E-state index contributed by atoms with van der Waals surface area (Å²) in [5.41, 5.74) is 0. The first-order chi connectivity index (χ1) is 9.98. The predicted molar refractivity (Wildman–Crippen MR) is 88.6 cm³/mol. The number of alkyl halides is 4. The molecule has 0 aromatic carbocycles. The maximum Gasteiger partial charge on any atom is 0.369 e. The van der Waals surface area contributed by atoms with E-state index in [2.05, 4.69) is 76.9 Å². The smallest absolute Gasteiger partial charge is 0.369 e. The molecule has 1 rings (SSSR count). The summed E-state index contributed by atoms with van der Waals surface area (Å²) in [5.74, 6) is -3.13. The molecule has 0 saturated carbocycles. The Labute approximate surface area is 158 Å². The van der Waals surface area contributed by atoms with Crippen molar-refractivity contribution in [3.63, 3.8) is 0 Å². The summed E-state index contributed by atoms with van der Waals surface area (Å²) in [6.45, 7) is 6.42. The number of esters is 3. The van der Waals surface area contributed by atoms with Gasteiger partial charge in [-0.15, -0.1) is 0 Å². The number of hydrogen-bond acceptors (Lipinski definition) is 7. The Bertz CT molecular complexity index is 551. The van der Waals surface area contributed by atoms with Crippen molar-refractivity contribution in [1.29, 1.82) is 0 Å². The van der Waals surface area contributed by atoms with Crippen LogP contribution in [0.1, 0.15) is 0 Å². The number of carbonyl (C=O) groups is 3. The van der Waals surface area contributed by atoms with Crippen LogP contribution in [-0.4, -0.2) is 41.6 Å². The molecule has 0 aliphatic carbocycles. The van der Waals surface area contributed by atoms with Gasteiger partial charge in [0.15, 0.2) is 5.01 Å². The number of aliphatic hydroxyl groups excluding tert-OH is 1. The minimum atomic E-state index is -2.30. The fourth-order valence-corrected chi connectivity index (χ4v) is 4.23. The number of rotatable bonds is 5. The molecular weight excluding hydrogens is 564 g/mol. The summed E-state index contributed by atoms with van der Waals surface area (Å²) in [5, 5.41) is 8.28. The third-order valence-corrected chi connectivity index (χ3v) is 8.31. The highest BCUT2D eigenvalue weighted by Gasteiger charge is 2.80. The van der Waals surface area contributed by atoms with Crippen LogP contribution >= 0.6 is 63.7 Å². The van der Waals surface area contributed by atoms with Crippen molar-refractivity contribution < 1.29 is 33.7 Å². The van der Waals surface area contributed by atoms with E-state index in [0.29, 0.717) is 0 Å². The lowest BCUT2D eigenvalue weighted by Crippen LogP contribution is -2.60. The number of hydrogen-bond donors (Lipinski definition) is 1. The van der Waals surface area contributed by atoms with E-state index in [-0.39, 0.29) is 0 Å². The molecule has 0 bridgehead atoms. The standard InChI is InChI=1S/C11H8Br4O7/c1-3-5(16)20-10(14)8(19)22-9(13,7(12)18)11(10,15)21-6(17)4-2/h3-4,7,18H,1-2H2/t7?,9-,10+,11+/m1/s1. The van der Waals surface area contributed by atoms with Crippen molar-refractivity contribution in [1.82, 2.24) is 0 Å². The van der Waals surface area contributed by atoms with Crippen molar-refractivity contribution in [2.75, 3.05) is 0 Å². The predicted octanol–water partition coefficient (Wildman–Crippen LogP) is 1.99. The zero-order chi connectivity index (χ0) is 17.3. The highest BCUT2D eigenvalue weighted by atomic mass is 79.9. The Morgan fingerprint density at radius 3 is 2.05 bits per heavy atom. The zero-order valence-electron chi connectivity index (χ0n) is 10.6. The van der Waals surface area contributed by atoms with Crippen molar-refractivity contribution in [3.05, 3.63) is 25.3 Å². The van der Waals surface area contributed by atoms with Gasteiger partial charge >= 0.3 is 22.4 Å². The van der Waals surface area contributed by atoms with Gasteiger partial charge in [-0.05, 0) is 47.8 Å². The Morgan fingerprint density at radius 2 is 1.64 bits per heavy atom. The van der Waals surface area contributed by atoms with Crippen LogP contribution in [0.25, 0.3) is 0 Å². The highest BCUT2D eigenvalue weighted by Crippen LogP contribution is 2.60. The molecule has 11 heteroatoms. The molecule has 1 aliphatic heterocycles. The molecule has 1 aliphatic rings. The molecular formula is C11H8Br4O7. The molecule has 22 heavy (non-hydrogen) atoms. The first kappa shape index (κ1) is 19.8. The summed E-state index contributed by atoms with van der Waals surface area (Å²) >= 11 is 11.7. The molecule has 1 saturated heterocycles. The van der Waals surface area contributed by atoms with Gasteiger partial charge in [-0.3, -0.25) is 0 Å². The van der Waals surface area contributed by atoms with Gasteiger partial charge in [0.25, 0.3) is 9.02 Å². The normalized spacial score (nSPS) is 35.2. The summed E-state index contributed by atoms with van der Waals surface area (Å²) in [6.07, 6.45) is 1.60. The third-order valence-electron chi connectivity index (χ3n) is 2.48. The van der Waals surface area contributed by atoms with Gasteiger partial charge in [-0.2, -0.15) is 0 Å². The lowest BCUT2D eigenvalue weighted by molar-refractivity contribution is -0.170. The van der Waals surface area contributed by atoms with Crippen molar-refractivity contribution >= 4 is 81.6 Å². The van der Waals surface area contributed by atoms with Gasteiger partial charge in [0.1, 0.15) is 0 Å². The Balaban J connectivity index is 3.48. The van der Waals surface area contributed by atoms with Crippen molar-refractivity contribution in [2.24, 2.45) is 0 Å². The van der Waals surface area contributed by atoms with Crippen molar-refractivity contribution in [3.8, 4) is 0 Å². The van der Waals surface area contributed by atoms with Gasteiger partial charge in [-0.1, -0.05) is 29.1 Å². The topological polar surface area (TPSA) is 99.1 Å². The van der Waals surface area contributed by atoms with Gasteiger partial charge in [-0.25, -0.2) is 14.4 Å². The second-order valence-electron chi connectivity index (χ2n) is 3.81. The summed E-state index contributed by atoms with van der Waals surface area (Å²) in [6, 6.07) is 0. The van der Waals surface area contributed by atoms with Crippen LogP contribution in [0, 0.1) is 0 Å². The molecule has 122 valence electrons. The fourth-order valence-electron chi connectivity index (χ4n) is 1.42. The van der Waals surface area contributed by atoms with Crippen LogP contribution in [-0.2, 0) is 28.6 Å². The molecule has 0 amide bonds. The van der Waals surface area contributed by atoms with Gasteiger partial charge in [0, 0.05) is 12.2 Å². The average Bonchev–Trinajstić information content (AvgIpc) is 2.58. The Morgan fingerprint density at radius 1 is 1.18 bits per heavy atom. The second kappa shape index (κ2) is 6.71. The number of halogens is 4. The zero-order valence-corrected chi connectivity index (χ0v) is 16.9. The van der Waals surface area contributed by atoms with E-state index in [9.17, 15) is 19.5 Å². The van der Waals surface area contributed by atoms with Crippen molar-refractivity contribution in [2.45, 2.75) is 18.5 Å². The lowest BCUT2D eigenvalue weighted by atomic mass is 10.1. The fraction of sp³-hybridized carbons (Fsp3) is 0.364. The van der Waals surface area contributed by atoms with Crippen LogP contribution in [0.2, 0.25) is 0 Å². The van der Waals surface area contributed by atoms with Crippen LogP contribution in [0.15, 0.2) is 25.3 Å². The SMILES string of the molecule is C=CC(=O)O[C@]1(Br)[C@@](Br)(OC(=O)C=C)C(=O)O[C@]1(Br)C(O)Br. The summed E-state index contributed by atoms with van der Waals surface area (Å²) in [4.78, 5) is 35.3. The van der Waals surface area contributed by atoms with E-state index in [1.165, 1.54) is 0 Å². The Hall–Kier alpha value is -0.230. The van der Waals surface area contributed by atoms with Crippen LogP contribution in [0.4, 0.5) is 0 Å². The van der Waals surface area contributed by atoms with Gasteiger partial charge < -0.3 is 19.3 Å². The largest absolute Gasteiger partial charge is 0.434 e. The summed E-state index contributed by atoms with van der Waals surface area (Å²) < 4.78 is 8.49. The van der Waals surface area contributed by atoms with Gasteiger partial charge in [0.05, 0.1) is 0 Å². The first-order valence-corrected chi connectivity index (χ1v) is 8.61.